The highest BCUT2D eigenvalue weighted by molar-refractivity contribution is 5.72. The molecule has 0 unspecified atom stereocenters. The third kappa shape index (κ3) is 2.37. The molecule has 0 spiro atoms. The topological polar surface area (TPSA) is 3.24 Å². The van der Waals surface area contributed by atoms with Gasteiger partial charge in [-0.1, -0.05) is 78.9 Å². The standard InChI is InChI=1S/C26H27N/c1-25(2)19-26(21-13-5-3-6-14-21,22-15-7-4-8-16-22)23-17-9-11-20-12-10-18-27(25)24(20)23/h3-9,11,13-17H,10,12,18-19H2,1-2H3. The predicted octanol–water partition coefficient (Wildman–Crippen LogP) is 5.96. The number of hydrogen-bond donors (Lipinski definition) is 0. The quantitative estimate of drug-likeness (QED) is 0.550. The van der Waals surface area contributed by atoms with Crippen LogP contribution >= 0.6 is 0 Å². The highest BCUT2D eigenvalue weighted by Crippen LogP contribution is 2.55. The van der Waals surface area contributed by atoms with Gasteiger partial charge in [0.15, 0.2) is 0 Å². The Labute approximate surface area is 162 Å². The third-order valence-corrected chi connectivity index (χ3v) is 6.64. The molecule has 0 bridgehead atoms. The fourth-order valence-electron chi connectivity index (χ4n) is 5.57. The van der Waals surface area contributed by atoms with Crippen molar-refractivity contribution in [3.63, 3.8) is 0 Å². The first-order valence-electron chi connectivity index (χ1n) is 10.1. The molecule has 0 aliphatic carbocycles. The second kappa shape index (κ2) is 5.99. The van der Waals surface area contributed by atoms with Gasteiger partial charge in [-0.05, 0) is 55.4 Å². The summed E-state index contributed by atoms with van der Waals surface area (Å²) in [6.07, 6.45) is 3.53. The van der Waals surface area contributed by atoms with E-state index in [1.165, 1.54) is 40.8 Å². The minimum Gasteiger partial charge on any atom is -0.366 e. The molecule has 0 amide bonds. The normalized spacial score (nSPS) is 19.4. The minimum atomic E-state index is -0.106. The van der Waals surface area contributed by atoms with Crippen LogP contribution in [0.5, 0.6) is 0 Å². The molecule has 1 nitrogen and oxygen atoms in total. The zero-order valence-electron chi connectivity index (χ0n) is 16.3. The van der Waals surface area contributed by atoms with E-state index in [0.29, 0.717) is 0 Å². The average molecular weight is 354 g/mol. The number of nitrogens with zero attached hydrogens (tertiary/aromatic N) is 1. The van der Waals surface area contributed by atoms with Crippen molar-refractivity contribution < 1.29 is 0 Å². The minimum absolute atomic E-state index is 0.106. The maximum atomic E-state index is 2.69. The summed E-state index contributed by atoms with van der Waals surface area (Å²) in [7, 11) is 0. The number of rotatable bonds is 2. The van der Waals surface area contributed by atoms with Gasteiger partial charge in [-0.25, -0.2) is 0 Å². The molecule has 1 heteroatoms. The van der Waals surface area contributed by atoms with Gasteiger partial charge in [0.2, 0.25) is 0 Å². The van der Waals surface area contributed by atoms with Crippen LogP contribution in [-0.2, 0) is 11.8 Å². The Hall–Kier alpha value is -2.54. The molecular weight excluding hydrogens is 326 g/mol. The van der Waals surface area contributed by atoms with Crippen molar-refractivity contribution >= 4 is 5.69 Å². The van der Waals surface area contributed by atoms with Crippen molar-refractivity contribution in [3.8, 4) is 0 Å². The van der Waals surface area contributed by atoms with Crippen LogP contribution in [0.25, 0.3) is 0 Å². The number of benzene rings is 3. The van der Waals surface area contributed by atoms with Gasteiger partial charge in [-0.2, -0.15) is 0 Å². The Bertz CT molecular complexity index is 917. The summed E-state index contributed by atoms with van der Waals surface area (Å²) < 4.78 is 0. The van der Waals surface area contributed by atoms with E-state index in [1.807, 2.05) is 0 Å². The van der Waals surface area contributed by atoms with Crippen molar-refractivity contribution in [1.82, 2.24) is 0 Å². The molecule has 0 atom stereocenters. The Morgan fingerprint density at radius 1 is 0.741 bits per heavy atom. The summed E-state index contributed by atoms with van der Waals surface area (Å²) in [5, 5.41) is 0. The molecule has 2 aliphatic rings. The first kappa shape index (κ1) is 16.6. The SMILES string of the molecule is CC1(C)CC(c2ccccc2)(c2ccccc2)c2cccc3c2N1CCC3. The zero-order chi connectivity index (χ0) is 18.5. The van der Waals surface area contributed by atoms with Gasteiger partial charge in [0.1, 0.15) is 0 Å². The number of para-hydroxylation sites is 1. The molecule has 0 N–H and O–H groups in total. The molecule has 0 saturated carbocycles. The average Bonchev–Trinajstić information content (AvgIpc) is 2.72. The molecule has 0 radical (unpaired) electrons. The summed E-state index contributed by atoms with van der Waals surface area (Å²) in [6.45, 7) is 6.02. The van der Waals surface area contributed by atoms with Crippen LogP contribution in [0.2, 0.25) is 0 Å². The number of anilines is 1. The summed E-state index contributed by atoms with van der Waals surface area (Å²) >= 11 is 0. The van der Waals surface area contributed by atoms with Crippen molar-refractivity contribution in [2.45, 2.75) is 44.1 Å². The Morgan fingerprint density at radius 3 is 2.00 bits per heavy atom. The highest BCUT2D eigenvalue weighted by Gasteiger charge is 2.50. The molecule has 2 heterocycles. The van der Waals surface area contributed by atoms with Gasteiger partial charge < -0.3 is 4.90 Å². The molecular formula is C26H27N. The smallest absolute Gasteiger partial charge is 0.0493 e. The van der Waals surface area contributed by atoms with E-state index < -0.39 is 0 Å². The van der Waals surface area contributed by atoms with Crippen LogP contribution in [0.15, 0.2) is 78.9 Å². The van der Waals surface area contributed by atoms with E-state index in [1.54, 1.807) is 0 Å². The second-order valence-electron chi connectivity index (χ2n) is 8.70. The summed E-state index contributed by atoms with van der Waals surface area (Å²) in [5.41, 5.74) is 7.30. The fourth-order valence-corrected chi connectivity index (χ4v) is 5.57. The van der Waals surface area contributed by atoms with Crippen molar-refractivity contribution in [1.29, 1.82) is 0 Å². The van der Waals surface area contributed by atoms with Gasteiger partial charge in [0.25, 0.3) is 0 Å². The van der Waals surface area contributed by atoms with Gasteiger partial charge in [-0.15, -0.1) is 0 Å². The van der Waals surface area contributed by atoms with Crippen molar-refractivity contribution in [2.75, 3.05) is 11.4 Å². The largest absolute Gasteiger partial charge is 0.366 e. The van der Waals surface area contributed by atoms with Crippen molar-refractivity contribution in [3.05, 3.63) is 101 Å². The van der Waals surface area contributed by atoms with E-state index in [2.05, 4.69) is 97.6 Å². The molecule has 2 aliphatic heterocycles. The molecule has 27 heavy (non-hydrogen) atoms. The molecule has 3 aromatic rings. The molecule has 5 rings (SSSR count). The molecule has 136 valence electrons. The summed E-state index contributed by atoms with van der Waals surface area (Å²) in [4.78, 5) is 2.69. The lowest BCUT2D eigenvalue weighted by Gasteiger charge is -2.56. The van der Waals surface area contributed by atoms with E-state index >= 15 is 0 Å². The Balaban J connectivity index is 1.89. The summed E-state index contributed by atoms with van der Waals surface area (Å²) in [6, 6.07) is 29.3. The monoisotopic (exact) mass is 353 g/mol. The van der Waals surface area contributed by atoms with Crippen LogP contribution in [-0.4, -0.2) is 12.1 Å². The fraction of sp³-hybridized carbons (Fsp3) is 0.308. The van der Waals surface area contributed by atoms with Crippen molar-refractivity contribution in [2.24, 2.45) is 0 Å². The Morgan fingerprint density at radius 2 is 1.37 bits per heavy atom. The molecule has 0 saturated heterocycles. The van der Waals surface area contributed by atoms with Crippen LogP contribution < -0.4 is 4.90 Å². The van der Waals surface area contributed by atoms with E-state index in [4.69, 9.17) is 0 Å². The molecule has 3 aromatic carbocycles. The Kier molecular flexibility index (Phi) is 3.69. The first-order chi connectivity index (χ1) is 13.1. The van der Waals surface area contributed by atoms with E-state index in [0.717, 1.165) is 13.0 Å². The van der Waals surface area contributed by atoms with Crippen LogP contribution in [0.3, 0.4) is 0 Å². The lowest BCUT2D eigenvalue weighted by atomic mass is 9.60. The van der Waals surface area contributed by atoms with Crippen LogP contribution in [0, 0.1) is 0 Å². The highest BCUT2D eigenvalue weighted by atomic mass is 15.2. The van der Waals surface area contributed by atoms with Gasteiger partial charge >= 0.3 is 0 Å². The van der Waals surface area contributed by atoms with Crippen LogP contribution in [0.1, 0.15) is 48.9 Å². The summed E-state index contributed by atoms with van der Waals surface area (Å²) in [5.74, 6) is 0. The maximum Gasteiger partial charge on any atom is 0.0493 e. The van der Waals surface area contributed by atoms with E-state index in [-0.39, 0.29) is 11.0 Å². The number of aryl methyl sites for hydroxylation is 1. The van der Waals surface area contributed by atoms with Crippen LogP contribution in [0.4, 0.5) is 5.69 Å². The van der Waals surface area contributed by atoms with E-state index in [9.17, 15) is 0 Å². The lowest BCUT2D eigenvalue weighted by molar-refractivity contribution is 0.330. The third-order valence-electron chi connectivity index (χ3n) is 6.64. The lowest BCUT2D eigenvalue weighted by Crippen LogP contribution is -2.56. The maximum absolute atomic E-state index is 2.69. The molecule has 0 aromatic heterocycles. The predicted molar refractivity (Wildman–Crippen MR) is 114 cm³/mol. The zero-order valence-corrected chi connectivity index (χ0v) is 16.3. The first-order valence-corrected chi connectivity index (χ1v) is 10.1. The van der Waals surface area contributed by atoms with Gasteiger partial charge in [0.05, 0.1) is 0 Å². The van der Waals surface area contributed by atoms with Gasteiger partial charge in [-0.3, -0.25) is 0 Å². The number of hydrogen-bond acceptors (Lipinski definition) is 1. The second-order valence-corrected chi connectivity index (χ2v) is 8.70. The molecule has 0 fully saturated rings. The van der Waals surface area contributed by atoms with Gasteiger partial charge in [0, 0.05) is 23.2 Å².